The molecule has 3 heteroatoms. The Labute approximate surface area is 102 Å². The maximum Gasteiger partial charge on any atom is 0.0478 e. The van der Waals surface area contributed by atoms with Crippen molar-refractivity contribution >= 4 is 15.9 Å². The Kier molecular flexibility index (Phi) is 7.67. The van der Waals surface area contributed by atoms with Gasteiger partial charge in [0, 0.05) is 31.1 Å². The highest BCUT2D eigenvalue weighted by Gasteiger charge is 2.18. The van der Waals surface area contributed by atoms with Gasteiger partial charge in [-0.2, -0.15) is 0 Å². The van der Waals surface area contributed by atoms with Gasteiger partial charge in [-0.25, -0.2) is 0 Å². The van der Waals surface area contributed by atoms with E-state index in [-0.39, 0.29) is 0 Å². The molecule has 1 fully saturated rings. The summed E-state index contributed by atoms with van der Waals surface area (Å²) >= 11 is 3.64. The van der Waals surface area contributed by atoms with E-state index in [9.17, 15) is 0 Å². The first-order valence-corrected chi connectivity index (χ1v) is 7.38. The number of likely N-dealkylation sites (tertiary alicyclic amines) is 1. The molecule has 90 valence electrons. The first-order valence-electron chi connectivity index (χ1n) is 6.26. The van der Waals surface area contributed by atoms with E-state index in [4.69, 9.17) is 4.74 Å². The normalized spacial score (nSPS) is 24.0. The van der Waals surface area contributed by atoms with Crippen LogP contribution in [-0.2, 0) is 4.74 Å². The first kappa shape index (κ1) is 13.5. The Morgan fingerprint density at radius 3 is 2.93 bits per heavy atom. The van der Waals surface area contributed by atoms with Crippen LogP contribution in [0.25, 0.3) is 0 Å². The topological polar surface area (TPSA) is 12.5 Å². The minimum absolute atomic E-state index is 0.758. The van der Waals surface area contributed by atoms with Crippen molar-refractivity contribution in [2.45, 2.75) is 45.1 Å². The van der Waals surface area contributed by atoms with Crippen LogP contribution < -0.4 is 0 Å². The Balaban J connectivity index is 2.22. The minimum Gasteiger partial charge on any atom is -0.382 e. The second kappa shape index (κ2) is 8.54. The van der Waals surface area contributed by atoms with Gasteiger partial charge in [-0.15, -0.1) is 0 Å². The average molecular weight is 278 g/mol. The molecule has 2 nitrogen and oxygen atoms in total. The average Bonchev–Trinajstić information content (AvgIpc) is 2.49. The van der Waals surface area contributed by atoms with Crippen molar-refractivity contribution < 1.29 is 4.74 Å². The summed E-state index contributed by atoms with van der Waals surface area (Å²) in [4.78, 5) is 2.64. The van der Waals surface area contributed by atoms with Crippen LogP contribution in [0.3, 0.4) is 0 Å². The third kappa shape index (κ3) is 5.32. The van der Waals surface area contributed by atoms with Crippen LogP contribution in [0.15, 0.2) is 0 Å². The number of alkyl halides is 1. The number of rotatable bonds is 6. The lowest BCUT2D eigenvalue weighted by Crippen LogP contribution is -2.37. The molecule has 0 aromatic rings. The first-order chi connectivity index (χ1) is 7.38. The summed E-state index contributed by atoms with van der Waals surface area (Å²) in [5, 5.41) is 1.13. The molecule has 1 rings (SSSR count). The van der Waals surface area contributed by atoms with Crippen LogP contribution >= 0.6 is 15.9 Å². The Morgan fingerprint density at radius 2 is 2.20 bits per heavy atom. The van der Waals surface area contributed by atoms with Crippen molar-refractivity contribution in [3.63, 3.8) is 0 Å². The second-order valence-corrected chi connectivity index (χ2v) is 4.89. The fourth-order valence-electron chi connectivity index (χ4n) is 2.22. The minimum atomic E-state index is 0.758. The highest BCUT2D eigenvalue weighted by molar-refractivity contribution is 9.09. The number of halogens is 1. The standard InChI is InChI=1S/C12H24BrNO/c1-2-15-10-6-9-14-8-5-3-4-7-12(14)11-13/h12H,2-11H2,1H3. The molecule has 15 heavy (non-hydrogen) atoms. The van der Waals surface area contributed by atoms with Crippen LogP contribution in [0.4, 0.5) is 0 Å². The van der Waals surface area contributed by atoms with Gasteiger partial charge >= 0.3 is 0 Å². The number of nitrogens with zero attached hydrogens (tertiary/aromatic N) is 1. The molecule has 0 amide bonds. The lowest BCUT2D eigenvalue weighted by molar-refractivity contribution is 0.124. The van der Waals surface area contributed by atoms with Gasteiger partial charge in [-0.05, 0) is 32.7 Å². The van der Waals surface area contributed by atoms with Gasteiger partial charge in [0.15, 0.2) is 0 Å². The van der Waals surface area contributed by atoms with Crippen molar-refractivity contribution in [2.24, 2.45) is 0 Å². The Hall–Kier alpha value is 0.400. The molecule has 1 aliphatic rings. The summed E-state index contributed by atoms with van der Waals surface area (Å²) in [6, 6.07) is 0.758. The highest BCUT2D eigenvalue weighted by Crippen LogP contribution is 2.18. The van der Waals surface area contributed by atoms with Crippen LogP contribution in [0, 0.1) is 0 Å². The smallest absolute Gasteiger partial charge is 0.0478 e. The monoisotopic (exact) mass is 277 g/mol. The predicted octanol–water partition coefficient (Wildman–Crippen LogP) is 3.05. The molecule has 1 atom stereocenters. The maximum atomic E-state index is 5.39. The van der Waals surface area contributed by atoms with E-state index in [1.165, 1.54) is 45.2 Å². The van der Waals surface area contributed by atoms with Crippen LogP contribution in [0.2, 0.25) is 0 Å². The summed E-state index contributed by atoms with van der Waals surface area (Å²) in [5.41, 5.74) is 0. The zero-order chi connectivity index (χ0) is 10.9. The molecular formula is C12H24BrNO. The van der Waals surface area contributed by atoms with Gasteiger partial charge in [0.1, 0.15) is 0 Å². The molecule has 1 heterocycles. The second-order valence-electron chi connectivity index (χ2n) is 4.24. The van der Waals surface area contributed by atoms with Gasteiger partial charge in [-0.3, -0.25) is 4.90 Å². The van der Waals surface area contributed by atoms with Crippen LogP contribution in [0.5, 0.6) is 0 Å². The Morgan fingerprint density at radius 1 is 1.33 bits per heavy atom. The summed E-state index contributed by atoms with van der Waals surface area (Å²) in [7, 11) is 0. The number of hydrogen-bond donors (Lipinski definition) is 0. The van der Waals surface area contributed by atoms with Crippen molar-refractivity contribution in [3.05, 3.63) is 0 Å². The van der Waals surface area contributed by atoms with Gasteiger partial charge in [0.2, 0.25) is 0 Å². The number of ether oxygens (including phenoxy) is 1. The van der Waals surface area contributed by atoms with Crippen molar-refractivity contribution in [1.29, 1.82) is 0 Å². The molecular weight excluding hydrogens is 254 g/mol. The lowest BCUT2D eigenvalue weighted by Gasteiger charge is -2.28. The molecule has 0 aromatic carbocycles. The third-order valence-electron chi connectivity index (χ3n) is 3.12. The van der Waals surface area contributed by atoms with Crippen molar-refractivity contribution in [3.8, 4) is 0 Å². The van der Waals surface area contributed by atoms with Gasteiger partial charge in [0.05, 0.1) is 0 Å². The van der Waals surface area contributed by atoms with Crippen LogP contribution in [0.1, 0.15) is 39.0 Å². The van der Waals surface area contributed by atoms with E-state index < -0.39 is 0 Å². The van der Waals surface area contributed by atoms with Gasteiger partial charge < -0.3 is 4.74 Å². The quantitative estimate of drug-likeness (QED) is 0.547. The molecule has 0 spiro atoms. The van der Waals surface area contributed by atoms with E-state index in [2.05, 4.69) is 27.8 Å². The molecule has 1 unspecified atom stereocenters. The molecule has 0 aromatic heterocycles. The van der Waals surface area contributed by atoms with E-state index in [0.717, 1.165) is 24.6 Å². The SMILES string of the molecule is CCOCCCN1CCCCCC1CBr. The van der Waals surface area contributed by atoms with E-state index >= 15 is 0 Å². The summed E-state index contributed by atoms with van der Waals surface area (Å²) in [5.74, 6) is 0. The van der Waals surface area contributed by atoms with Crippen molar-refractivity contribution in [1.82, 2.24) is 4.90 Å². The summed E-state index contributed by atoms with van der Waals surface area (Å²) < 4.78 is 5.39. The van der Waals surface area contributed by atoms with Gasteiger partial charge in [-0.1, -0.05) is 28.8 Å². The fraction of sp³-hybridized carbons (Fsp3) is 1.00. The van der Waals surface area contributed by atoms with E-state index in [1.807, 2.05) is 0 Å². The largest absolute Gasteiger partial charge is 0.382 e. The maximum absolute atomic E-state index is 5.39. The lowest BCUT2D eigenvalue weighted by atomic mass is 10.1. The van der Waals surface area contributed by atoms with Crippen LogP contribution in [-0.4, -0.2) is 42.6 Å². The zero-order valence-corrected chi connectivity index (χ0v) is 11.5. The predicted molar refractivity (Wildman–Crippen MR) is 68.7 cm³/mol. The molecule has 1 aliphatic heterocycles. The fourth-order valence-corrected chi connectivity index (χ4v) is 2.95. The van der Waals surface area contributed by atoms with Gasteiger partial charge in [0.25, 0.3) is 0 Å². The Bertz CT molecular complexity index is 155. The summed E-state index contributed by atoms with van der Waals surface area (Å²) in [6.45, 7) is 6.32. The third-order valence-corrected chi connectivity index (χ3v) is 3.86. The number of hydrogen-bond acceptors (Lipinski definition) is 2. The molecule has 0 radical (unpaired) electrons. The van der Waals surface area contributed by atoms with E-state index in [0.29, 0.717) is 0 Å². The molecule has 1 saturated heterocycles. The molecule has 0 N–H and O–H groups in total. The molecule has 0 aliphatic carbocycles. The summed E-state index contributed by atoms with van der Waals surface area (Å²) in [6.07, 6.45) is 6.72. The van der Waals surface area contributed by atoms with E-state index in [1.54, 1.807) is 0 Å². The molecule has 0 saturated carbocycles. The highest BCUT2D eigenvalue weighted by atomic mass is 79.9. The van der Waals surface area contributed by atoms with Crippen molar-refractivity contribution in [2.75, 3.05) is 31.6 Å². The molecule has 0 bridgehead atoms. The zero-order valence-electron chi connectivity index (χ0n) is 9.88.